The number of rotatable bonds is 2. The number of hydrogen-bond acceptors (Lipinski definition) is 2. The number of benzene rings is 1. The average Bonchev–Trinajstić information content (AvgIpc) is 2.38. The van der Waals surface area contributed by atoms with Gasteiger partial charge in [0, 0.05) is 18.9 Å². The number of nitrogens with one attached hydrogen (secondary N) is 2. The summed E-state index contributed by atoms with van der Waals surface area (Å²) in [7, 11) is 0. The second-order valence-corrected chi connectivity index (χ2v) is 4.57. The Morgan fingerprint density at radius 3 is 2.65 bits per heavy atom. The van der Waals surface area contributed by atoms with Gasteiger partial charge in [-0.15, -0.1) is 0 Å². The molecule has 20 heavy (non-hydrogen) atoms. The van der Waals surface area contributed by atoms with Crippen LogP contribution in [-0.2, 0) is 15.8 Å². The van der Waals surface area contributed by atoms with Crippen molar-refractivity contribution in [3.8, 4) is 0 Å². The van der Waals surface area contributed by atoms with Crippen molar-refractivity contribution in [3.05, 3.63) is 29.8 Å². The maximum atomic E-state index is 12.8. The highest BCUT2D eigenvalue weighted by atomic mass is 19.4. The molecule has 1 aromatic carbocycles. The fourth-order valence-corrected chi connectivity index (χ4v) is 2.08. The third-order valence-corrected chi connectivity index (χ3v) is 3.11. The van der Waals surface area contributed by atoms with Crippen molar-refractivity contribution < 1.29 is 22.8 Å². The van der Waals surface area contributed by atoms with Crippen molar-refractivity contribution >= 4 is 17.5 Å². The number of anilines is 1. The number of para-hydroxylation sites is 1. The summed E-state index contributed by atoms with van der Waals surface area (Å²) in [5.41, 5.74) is -1.18. The molecule has 0 spiro atoms. The summed E-state index contributed by atoms with van der Waals surface area (Å²) in [5, 5.41) is 4.84. The molecule has 1 aliphatic heterocycles. The van der Waals surface area contributed by atoms with Gasteiger partial charge in [0.2, 0.25) is 11.8 Å². The smallest absolute Gasteiger partial charge is 0.356 e. The van der Waals surface area contributed by atoms with E-state index >= 15 is 0 Å². The van der Waals surface area contributed by atoms with Gasteiger partial charge in [0.05, 0.1) is 11.3 Å². The molecular formula is C13H13F3N2O2. The summed E-state index contributed by atoms with van der Waals surface area (Å²) >= 11 is 0. The summed E-state index contributed by atoms with van der Waals surface area (Å²) in [6.45, 7) is 0.359. The Hall–Kier alpha value is -2.05. The third kappa shape index (κ3) is 3.28. The Morgan fingerprint density at radius 2 is 2.00 bits per heavy atom. The first-order chi connectivity index (χ1) is 9.38. The molecule has 0 aromatic heterocycles. The molecule has 1 unspecified atom stereocenters. The molecule has 2 amide bonds. The maximum absolute atomic E-state index is 12.8. The van der Waals surface area contributed by atoms with Crippen LogP contribution < -0.4 is 10.6 Å². The maximum Gasteiger partial charge on any atom is 0.418 e. The minimum absolute atomic E-state index is 0.0000180. The number of carbonyl (C=O) groups excluding carboxylic acids is 2. The second kappa shape index (κ2) is 5.52. The van der Waals surface area contributed by atoms with Crippen LogP contribution in [0.15, 0.2) is 24.3 Å². The lowest BCUT2D eigenvalue weighted by Crippen LogP contribution is -2.38. The number of halogens is 3. The van der Waals surface area contributed by atoms with Gasteiger partial charge in [0.15, 0.2) is 0 Å². The van der Waals surface area contributed by atoms with E-state index < -0.39 is 23.6 Å². The van der Waals surface area contributed by atoms with Gasteiger partial charge >= 0.3 is 6.18 Å². The minimum Gasteiger partial charge on any atom is -0.356 e. The van der Waals surface area contributed by atoms with E-state index in [1.807, 2.05) is 0 Å². The lowest BCUT2D eigenvalue weighted by Gasteiger charge is -2.22. The zero-order valence-corrected chi connectivity index (χ0v) is 10.5. The third-order valence-electron chi connectivity index (χ3n) is 3.11. The SMILES string of the molecule is O=C1CC(C(=O)Nc2ccccc2C(F)(F)F)CCN1. The van der Waals surface area contributed by atoms with Crippen molar-refractivity contribution in [3.63, 3.8) is 0 Å². The summed E-state index contributed by atoms with van der Waals surface area (Å²) in [4.78, 5) is 23.1. The monoisotopic (exact) mass is 286 g/mol. The summed E-state index contributed by atoms with van der Waals surface area (Å²) in [6, 6.07) is 4.78. The number of hydrogen-bond donors (Lipinski definition) is 2. The van der Waals surface area contributed by atoms with Crippen molar-refractivity contribution in [2.24, 2.45) is 5.92 Å². The number of carbonyl (C=O) groups is 2. The van der Waals surface area contributed by atoms with E-state index in [0.717, 1.165) is 6.07 Å². The van der Waals surface area contributed by atoms with Crippen molar-refractivity contribution in [2.45, 2.75) is 19.0 Å². The molecule has 1 atom stereocenters. The first-order valence-electron chi connectivity index (χ1n) is 6.11. The van der Waals surface area contributed by atoms with Crippen LogP contribution >= 0.6 is 0 Å². The fourth-order valence-electron chi connectivity index (χ4n) is 2.08. The summed E-state index contributed by atoms with van der Waals surface area (Å²) < 4.78 is 38.4. The van der Waals surface area contributed by atoms with E-state index in [1.54, 1.807) is 0 Å². The normalized spacial score (nSPS) is 19.4. The van der Waals surface area contributed by atoms with Gasteiger partial charge in [0.1, 0.15) is 0 Å². The highest BCUT2D eigenvalue weighted by Crippen LogP contribution is 2.34. The van der Waals surface area contributed by atoms with Crippen LogP contribution in [-0.4, -0.2) is 18.4 Å². The van der Waals surface area contributed by atoms with Gasteiger partial charge in [0.25, 0.3) is 0 Å². The topological polar surface area (TPSA) is 58.2 Å². The van der Waals surface area contributed by atoms with E-state index in [0.29, 0.717) is 13.0 Å². The van der Waals surface area contributed by atoms with Crippen LogP contribution in [0.2, 0.25) is 0 Å². The molecule has 0 bridgehead atoms. The molecular weight excluding hydrogens is 273 g/mol. The fraction of sp³-hybridized carbons (Fsp3) is 0.385. The van der Waals surface area contributed by atoms with Crippen LogP contribution in [0.5, 0.6) is 0 Å². The predicted octanol–water partition coefficient (Wildman–Crippen LogP) is 2.17. The molecule has 4 nitrogen and oxygen atoms in total. The molecule has 7 heteroatoms. The van der Waals surface area contributed by atoms with Gasteiger partial charge < -0.3 is 10.6 Å². The molecule has 1 fully saturated rings. The molecule has 2 N–H and O–H groups in total. The minimum atomic E-state index is -4.53. The quantitative estimate of drug-likeness (QED) is 0.875. The van der Waals surface area contributed by atoms with E-state index in [2.05, 4.69) is 10.6 Å². The van der Waals surface area contributed by atoms with Crippen molar-refractivity contribution in [1.29, 1.82) is 0 Å². The van der Waals surface area contributed by atoms with Crippen molar-refractivity contribution in [1.82, 2.24) is 5.32 Å². The number of amides is 2. The van der Waals surface area contributed by atoms with E-state index in [1.165, 1.54) is 18.2 Å². The number of piperidine rings is 1. The van der Waals surface area contributed by atoms with Gasteiger partial charge in [-0.3, -0.25) is 9.59 Å². The lowest BCUT2D eigenvalue weighted by atomic mass is 9.96. The van der Waals surface area contributed by atoms with Crippen LogP contribution in [0.25, 0.3) is 0 Å². The van der Waals surface area contributed by atoms with Gasteiger partial charge in [-0.1, -0.05) is 12.1 Å². The highest BCUT2D eigenvalue weighted by molar-refractivity contribution is 5.96. The van der Waals surface area contributed by atoms with Gasteiger partial charge in [-0.2, -0.15) is 13.2 Å². The average molecular weight is 286 g/mol. The highest BCUT2D eigenvalue weighted by Gasteiger charge is 2.34. The Balaban J connectivity index is 2.14. The summed E-state index contributed by atoms with van der Waals surface area (Å²) in [5.74, 6) is -1.41. The predicted molar refractivity (Wildman–Crippen MR) is 65.8 cm³/mol. The molecule has 1 heterocycles. The Kier molecular flexibility index (Phi) is 3.96. The molecule has 1 aromatic rings. The van der Waals surface area contributed by atoms with Crippen LogP contribution in [0.4, 0.5) is 18.9 Å². The molecule has 0 radical (unpaired) electrons. The lowest BCUT2D eigenvalue weighted by molar-refractivity contribution is -0.137. The Morgan fingerprint density at radius 1 is 1.30 bits per heavy atom. The zero-order chi connectivity index (χ0) is 14.8. The zero-order valence-electron chi connectivity index (χ0n) is 10.5. The van der Waals surface area contributed by atoms with Crippen LogP contribution in [0.1, 0.15) is 18.4 Å². The van der Waals surface area contributed by atoms with Gasteiger partial charge in [-0.25, -0.2) is 0 Å². The molecule has 1 saturated heterocycles. The Labute approximate surface area is 113 Å². The summed E-state index contributed by atoms with van der Waals surface area (Å²) in [6.07, 6.45) is -4.11. The van der Waals surface area contributed by atoms with Crippen LogP contribution in [0.3, 0.4) is 0 Å². The van der Waals surface area contributed by atoms with E-state index in [4.69, 9.17) is 0 Å². The van der Waals surface area contributed by atoms with Crippen molar-refractivity contribution in [2.75, 3.05) is 11.9 Å². The Bertz CT molecular complexity index is 529. The molecule has 108 valence electrons. The molecule has 0 aliphatic carbocycles. The molecule has 0 saturated carbocycles. The second-order valence-electron chi connectivity index (χ2n) is 4.57. The van der Waals surface area contributed by atoms with E-state index in [9.17, 15) is 22.8 Å². The van der Waals surface area contributed by atoms with E-state index in [-0.39, 0.29) is 18.0 Å². The first-order valence-corrected chi connectivity index (χ1v) is 6.11. The first kappa shape index (κ1) is 14.4. The van der Waals surface area contributed by atoms with Gasteiger partial charge in [-0.05, 0) is 18.6 Å². The number of alkyl halides is 3. The molecule has 2 rings (SSSR count). The largest absolute Gasteiger partial charge is 0.418 e. The van der Waals surface area contributed by atoms with Crippen LogP contribution in [0, 0.1) is 5.92 Å². The standard InChI is InChI=1S/C13H13F3N2O2/c14-13(15,16)9-3-1-2-4-10(9)18-12(20)8-5-6-17-11(19)7-8/h1-4,8H,5-7H2,(H,17,19)(H,18,20). The molecule has 1 aliphatic rings.